The first-order chi connectivity index (χ1) is 9.47. The Kier molecular flexibility index (Phi) is 2.57. The Balaban J connectivity index is 1.90. The van der Waals surface area contributed by atoms with E-state index in [-0.39, 0.29) is 22.3 Å². The third-order valence-electron chi connectivity index (χ3n) is 2.79. The average Bonchev–Trinajstić information content (AvgIpc) is 2.89. The van der Waals surface area contributed by atoms with Crippen LogP contribution >= 0.6 is 0 Å². The van der Waals surface area contributed by atoms with Gasteiger partial charge in [0, 0.05) is 5.41 Å². The first kappa shape index (κ1) is 12.4. The number of nitrogens with zero attached hydrogens (tertiary/aromatic N) is 3. The molecule has 0 unspecified atom stereocenters. The highest BCUT2D eigenvalue weighted by atomic mass is 32.2. The van der Waals surface area contributed by atoms with Crippen LogP contribution in [0.25, 0.3) is 6.08 Å². The summed E-state index contributed by atoms with van der Waals surface area (Å²) in [4.78, 5) is 0.234. The molecule has 0 bridgehead atoms. The van der Waals surface area contributed by atoms with Gasteiger partial charge < -0.3 is 11.5 Å². The van der Waals surface area contributed by atoms with Crippen LogP contribution in [0.5, 0.6) is 0 Å². The van der Waals surface area contributed by atoms with Gasteiger partial charge in [-0.3, -0.25) is 5.43 Å². The van der Waals surface area contributed by atoms with Gasteiger partial charge in [0.1, 0.15) is 0 Å². The molecule has 0 spiro atoms. The first-order valence-electron chi connectivity index (χ1n) is 5.55. The number of hydrogen-bond acceptors (Lipinski definition) is 8. The second-order valence-corrected chi connectivity index (χ2v) is 5.95. The maximum atomic E-state index is 11.7. The van der Waals surface area contributed by atoms with Crippen LogP contribution in [-0.4, -0.2) is 25.8 Å². The minimum Gasteiger partial charge on any atom is -0.380 e. The summed E-state index contributed by atoms with van der Waals surface area (Å²) in [6.07, 6.45) is 1.55. The number of amidine groups is 2. The maximum absolute atomic E-state index is 11.7. The van der Waals surface area contributed by atoms with Crippen LogP contribution in [0.2, 0.25) is 0 Å². The number of benzene rings is 1. The van der Waals surface area contributed by atoms with E-state index in [2.05, 4.69) is 20.7 Å². The van der Waals surface area contributed by atoms with E-state index in [9.17, 15) is 8.42 Å². The van der Waals surface area contributed by atoms with Crippen LogP contribution in [-0.2, 0) is 9.84 Å². The van der Waals surface area contributed by atoms with E-state index in [1.807, 2.05) is 0 Å². The van der Waals surface area contributed by atoms with Crippen molar-refractivity contribution < 1.29 is 8.42 Å². The lowest BCUT2D eigenvalue weighted by atomic mass is 10.2. The smallest absolute Gasteiger partial charge is 0.200 e. The molecule has 0 fully saturated rings. The van der Waals surface area contributed by atoms with Gasteiger partial charge in [-0.2, -0.15) is 5.10 Å². The molecule has 1 aromatic carbocycles. The van der Waals surface area contributed by atoms with Gasteiger partial charge >= 0.3 is 0 Å². The number of nitrogens with one attached hydrogen (secondary N) is 1. The molecule has 2 aliphatic rings. The molecule has 8 nitrogen and oxygen atoms in total. The highest BCUT2D eigenvalue weighted by Gasteiger charge is 2.21. The van der Waals surface area contributed by atoms with Crippen molar-refractivity contribution in [3.05, 3.63) is 29.2 Å². The molecule has 102 valence electrons. The Morgan fingerprint density at radius 1 is 1.15 bits per heavy atom. The lowest BCUT2D eigenvalue weighted by molar-refractivity contribution is 0.605. The zero-order valence-corrected chi connectivity index (χ0v) is 10.9. The second kappa shape index (κ2) is 4.17. The van der Waals surface area contributed by atoms with E-state index >= 15 is 0 Å². The van der Waals surface area contributed by atoms with Gasteiger partial charge in [0.25, 0.3) is 0 Å². The van der Waals surface area contributed by atoms with Crippen LogP contribution in [0.15, 0.2) is 43.8 Å². The molecule has 0 saturated carbocycles. The highest BCUT2D eigenvalue weighted by Crippen LogP contribution is 2.29. The number of hydrazone groups is 1. The Morgan fingerprint density at radius 2 is 1.85 bits per heavy atom. The summed E-state index contributed by atoms with van der Waals surface area (Å²) in [6, 6.07) is 4.87. The van der Waals surface area contributed by atoms with Crippen molar-refractivity contribution in [2.24, 2.45) is 26.8 Å². The standard InChI is InChI=1S/C11H10N6O2S/c12-10-9(11(13)17-16-10)15-14-7-2-1-6-3-4-20(18,19)8(6)5-7/h1-5,14H,(H4,12,13,15,16,17). The van der Waals surface area contributed by atoms with E-state index in [0.717, 1.165) is 0 Å². The van der Waals surface area contributed by atoms with Crippen LogP contribution in [0.4, 0.5) is 5.69 Å². The fraction of sp³-hybridized carbons (Fsp3) is 0. The van der Waals surface area contributed by atoms with Crippen LogP contribution < -0.4 is 16.9 Å². The zero-order chi connectivity index (χ0) is 14.3. The van der Waals surface area contributed by atoms with E-state index in [1.165, 1.54) is 11.5 Å². The van der Waals surface area contributed by atoms with Gasteiger partial charge in [0.05, 0.1) is 10.6 Å². The van der Waals surface area contributed by atoms with E-state index in [4.69, 9.17) is 11.5 Å². The predicted molar refractivity (Wildman–Crippen MR) is 77.0 cm³/mol. The van der Waals surface area contributed by atoms with Gasteiger partial charge in [-0.25, -0.2) is 8.42 Å². The summed E-state index contributed by atoms with van der Waals surface area (Å²) in [5.74, 6) is 0.205. The molecule has 0 atom stereocenters. The maximum Gasteiger partial charge on any atom is 0.200 e. The third-order valence-corrected chi connectivity index (χ3v) is 4.26. The minimum atomic E-state index is -3.35. The molecule has 9 heteroatoms. The molecule has 0 radical (unpaired) electrons. The molecular formula is C11H10N6O2S. The molecule has 2 aliphatic heterocycles. The molecule has 0 aromatic heterocycles. The minimum absolute atomic E-state index is 0.102. The zero-order valence-electron chi connectivity index (χ0n) is 10.1. The van der Waals surface area contributed by atoms with Gasteiger partial charge in [0.2, 0.25) is 9.84 Å². The molecule has 2 heterocycles. The van der Waals surface area contributed by atoms with E-state index < -0.39 is 9.84 Å². The summed E-state index contributed by atoms with van der Waals surface area (Å²) in [7, 11) is -3.35. The lowest BCUT2D eigenvalue weighted by Crippen LogP contribution is -2.32. The third kappa shape index (κ3) is 1.93. The van der Waals surface area contributed by atoms with Gasteiger partial charge in [-0.1, -0.05) is 6.07 Å². The van der Waals surface area contributed by atoms with Crippen molar-refractivity contribution in [2.45, 2.75) is 4.90 Å². The Labute approximate surface area is 114 Å². The predicted octanol–water partition coefficient (Wildman–Crippen LogP) is -0.144. The number of rotatable bonds is 2. The molecule has 3 rings (SSSR count). The Bertz CT molecular complexity index is 799. The molecule has 0 aliphatic carbocycles. The number of hydrogen-bond donors (Lipinski definition) is 3. The van der Waals surface area contributed by atoms with Gasteiger partial charge in [-0.05, 0) is 23.8 Å². The summed E-state index contributed by atoms with van der Waals surface area (Å²) in [5.41, 5.74) is 15.1. The molecule has 0 saturated heterocycles. The normalized spacial score (nSPS) is 18.5. The van der Waals surface area contributed by atoms with Gasteiger partial charge in [-0.15, -0.1) is 10.2 Å². The fourth-order valence-corrected chi connectivity index (χ4v) is 3.02. The largest absolute Gasteiger partial charge is 0.380 e. The molecule has 0 amide bonds. The monoisotopic (exact) mass is 290 g/mol. The molecule has 1 aromatic rings. The van der Waals surface area contributed by atoms with Crippen molar-refractivity contribution in [3.8, 4) is 0 Å². The Morgan fingerprint density at radius 3 is 2.55 bits per heavy atom. The van der Waals surface area contributed by atoms with Crippen LogP contribution in [0, 0.1) is 0 Å². The SMILES string of the molecule is NC1=NN=C(N)C1=NNc1ccc2c(c1)S(=O)(=O)C=C2. The van der Waals surface area contributed by atoms with Crippen LogP contribution in [0.3, 0.4) is 0 Å². The average molecular weight is 290 g/mol. The highest BCUT2D eigenvalue weighted by molar-refractivity contribution is 7.94. The number of anilines is 1. The second-order valence-electron chi connectivity index (χ2n) is 4.14. The van der Waals surface area contributed by atoms with E-state index in [1.54, 1.807) is 18.2 Å². The lowest BCUT2D eigenvalue weighted by Gasteiger charge is -2.05. The summed E-state index contributed by atoms with van der Waals surface area (Å²) >= 11 is 0. The number of fused-ring (bicyclic) bond motifs is 1. The van der Waals surface area contributed by atoms with Crippen molar-refractivity contribution >= 4 is 39.0 Å². The molecular weight excluding hydrogens is 280 g/mol. The topological polar surface area (TPSA) is 135 Å². The van der Waals surface area contributed by atoms with Crippen molar-refractivity contribution in [1.29, 1.82) is 0 Å². The van der Waals surface area contributed by atoms with Crippen molar-refractivity contribution in [2.75, 3.05) is 5.43 Å². The quantitative estimate of drug-likeness (QED) is 0.651. The summed E-state index contributed by atoms with van der Waals surface area (Å²) < 4.78 is 23.5. The Hall–Kier alpha value is -2.68. The van der Waals surface area contributed by atoms with Crippen LogP contribution in [0.1, 0.15) is 5.56 Å². The van der Waals surface area contributed by atoms with Gasteiger partial charge in [0.15, 0.2) is 17.4 Å². The van der Waals surface area contributed by atoms with E-state index in [0.29, 0.717) is 11.3 Å². The summed E-state index contributed by atoms with van der Waals surface area (Å²) in [6.45, 7) is 0. The fourth-order valence-electron chi connectivity index (χ4n) is 1.79. The first-order valence-corrected chi connectivity index (χ1v) is 7.10. The number of sulfone groups is 1. The van der Waals surface area contributed by atoms with Crippen molar-refractivity contribution in [3.63, 3.8) is 0 Å². The van der Waals surface area contributed by atoms with Crippen molar-refractivity contribution in [1.82, 2.24) is 0 Å². The molecule has 5 N–H and O–H groups in total. The summed E-state index contributed by atoms with van der Waals surface area (Å²) in [5, 5.41) is 12.3. The number of nitrogens with two attached hydrogens (primary N) is 2. The molecule has 20 heavy (non-hydrogen) atoms.